The molecule has 0 aromatic carbocycles. The fourth-order valence-corrected chi connectivity index (χ4v) is 1.14. The number of aryl methyl sites for hydroxylation is 1. The maximum absolute atomic E-state index is 10.4. The Hall–Kier alpha value is -1.29. The molecule has 14 heavy (non-hydrogen) atoms. The van der Waals surface area contributed by atoms with E-state index < -0.39 is 6.09 Å². The summed E-state index contributed by atoms with van der Waals surface area (Å²) in [6.45, 7) is 2.07. The molecule has 76 valence electrons. The van der Waals surface area contributed by atoms with Crippen molar-refractivity contribution in [1.29, 1.82) is 0 Å². The zero-order valence-electron chi connectivity index (χ0n) is 7.79. The van der Waals surface area contributed by atoms with Crippen LogP contribution in [0.25, 0.3) is 0 Å². The van der Waals surface area contributed by atoms with Crippen LogP contribution in [0, 0.1) is 0 Å². The van der Waals surface area contributed by atoms with Crippen LogP contribution in [0.3, 0.4) is 0 Å². The number of hydrogen-bond acceptors (Lipinski definition) is 3. The second kappa shape index (κ2) is 4.81. The fraction of sp³-hybridized carbons (Fsp3) is 0.333. The van der Waals surface area contributed by atoms with Gasteiger partial charge in [-0.15, -0.1) is 0 Å². The number of carbonyl (C=O) groups excluding carboxylic acids is 1. The molecule has 1 aromatic heterocycles. The van der Waals surface area contributed by atoms with Crippen LogP contribution >= 0.6 is 11.6 Å². The summed E-state index contributed by atoms with van der Waals surface area (Å²) in [5.41, 5.74) is 6.55. The van der Waals surface area contributed by atoms with E-state index in [4.69, 9.17) is 17.3 Å². The SMILES string of the molecule is CCc1cnc(Cl)c(COC(N)=O)c1. The minimum atomic E-state index is -0.817. The van der Waals surface area contributed by atoms with Gasteiger partial charge < -0.3 is 10.5 Å². The molecule has 0 saturated heterocycles. The summed E-state index contributed by atoms with van der Waals surface area (Å²) < 4.78 is 4.62. The van der Waals surface area contributed by atoms with Crippen LogP contribution in [0.4, 0.5) is 4.79 Å². The highest BCUT2D eigenvalue weighted by atomic mass is 35.5. The van der Waals surface area contributed by atoms with Crippen molar-refractivity contribution in [3.05, 3.63) is 28.5 Å². The first-order chi connectivity index (χ1) is 6.63. The number of primary amides is 1. The molecule has 0 saturated carbocycles. The highest BCUT2D eigenvalue weighted by Crippen LogP contribution is 2.15. The van der Waals surface area contributed by atoms with E-state index >= 15 is 0 Å². The molecule has 1 heterocycles. The van der Waals surface area contributed by atoms with Gasteiger partial charge in [0.05, 0.1) is 0 Å². The highest BCUT2D eigenvalue weighted by molar-refractivity contribution is 6.30. The first kappa shape index (κ1) is 10.8. The normalized spacial score (nSPS) is 9.86. The van der Waals surface area contributed by atoms with Crippen LogP contribution < -0.4 is 5.73 Å². The molecule has 1 rings (SSSR count). The first-order valence-corrected chi connectivity index (χ1v) is 4.56. The molecule has 0 fully saturated rings. The number of carbonyl (C=O) groups is 1. The van der Waals surface area contributed by atoms with E-state index in [2.05, 4.69) is 9.72 Å². The number of halogens is 1. The Labute approximate surface area is 87.0 Å². The third-order valence-corrected chi connectivity index (χ3v) is 2.09. The van der Waals surface area contributed by atoms with Gasteiger partial charge in [-0.2, -0.15) is 0 Å². The highest BCUT2D eigenvalue weighted by Gasteiger charge is 2.04. The minimum Gasteiger partial charge on any atom is -0.445 e. The molecule has 5 heteroatoms. The lowest BCUT2D eigenvalue weighted by molar-refractivity contribution is 0.150. The van der Waals surface area contributed by atoms with E-state index in [9.17, 15) is 4.79 Å². The van der Waals surface area contributed by atoms with Crippen LogP contribution in [-0.4, -0.2) is 11.1 Å². The Kier molecular flexibility index (Phi) is 3.71. The summed E-state index contributed by atoms with van der Waals surface area (Å²) >= 11 is 5.79. The van der Waals surface area contributed by atoms with Gasteiger partial charge in [0.25, 0.3) is 0 Å². The molecule has 0 bridgehead atoms. The number of rotatable bonds is 3. The van der Waals surface area contributed by atoms with E-state index in [0.29, 0.717) is 10.7 Å². The maximum Gasteiger partial charge on any atom is 0.404 e. The number of ether oxygens (including phenoxy) is 1. The van der Waals surface area contributed by atoms with Crippen molar-refractivity contribution in [2.24, 2.45) is 5.73 Å². The molecule has 0 aliphatic rings. The average molecular weight is 215 g/mol. The maximum atomic E-state index is 10.4. The van der Waals surface area contributed by atoms with Gasteiger partial charge >= 0.3 is 6.09 Å². The van der Waals surface area contributed by atoms with Crippen molar-refractivity contribution < 1.29 is 9.53 Å². The van der Waals surface area contributed by atoms with Crippen LogP contribution in [0.2, 0.25) is 5.15 Å². The van der Waals surface area contributed by atoms with E-state index in [0.717, 1.165) is 12.0 Å². The summed E-state index contributed by atoms with van der Waals surface area (Å²) in [5, 5.41) is 0.337. The predicted molar refractivity (Wildman–Crippen MR) is 53.0 cm³/mol. The monoisotopic (exact) mass is 214 g/mol. The summed E-state index contributed by atoms with van der Waals surface area (Å²) in [4.78, 5) is 14.3. The lowest BCUT2D eigenvalue weighted by atomic mass is 10.2. The third kappa shape index (κ3) is 2.88. The zero-order valence-corrected chi connectivity index (χ0v) is 8.54. The van der Waals surface area contributed by atoms with Crippen molar-refractivity contribution in [2.75, 3.05) is 0 Å². The van der Waals surface area contributed by atoms with Gasteiger partial charge in [-0.1, -0.05) is 18.5 Å². The van der Waals surface area contributed by atoms with Crippen molar-refractivity contribution in [2.45, 2.75) is 20.0 Å². The Balaban J connectivity index is 2.78. The average Bonchev–Trinajstić information content (AvgIpc) is 2.16. The van der Waals surface area contributed by atoms with Crippen molar-refractivity contribution in [1.82, 2.24) is 4.98 Å². The quantitative estimate of drug-likeness (QED) is 0.782. The molecule has 4 nitrogen and oxygen atoms in total. The Morgan fingerprint density at radius 2 is 2.43 bits per heavy atom. The molecule has 0 spiro atoms. The number of nitrogens with two attached hydrogens (primary N) is 1. The molecule has 0 atom stereocenters. The molecular weight excluding hydrogens is 204 g/mol. The van der Waals surface area contributed by atoms with Crippen molar-refractivity contribution in [3.8, 4) is 0 Å². The standard InChI is InChI=1S/C9H11ClN2O2/c1-2-6-3-7(5-14-9(11)13)8(10)12-4-6/h3-4H,2,5H2,1H3,(H2,11,13). The summed E-state index contributed by atoms with van der Waals surface area (Å²) in [7, 11) is 0. The van der Waals surface area contributed by atoms with Crippen LogP contribution in [0.1, 0.15) is 18.1 Å². The van der Waals surface area contributed by atoms with Gasteiger partial charge in [0.1, 0.15) is 11.8 Å². The van der Waals surface area contributed by atoms with Crippen molar-refractivity contribution in [3.63, 3.8) is 0 Å². The molecule has 0 aliphatic heterocycles. The second-order valence-corrected chi connectivity index (χ2v) is 3.11. The topological polar surface area (TPSA) is 65.2 Å². The van der Waals surface area contributed by atoms with Crippen LogP contribution in [-0.2, 0) is 17.8 Å². The number of aromatic nitrogens is 1. The van der Waals surface area contributed by atoms with Gasteiger partial charge in [-0.05, 0) is 18.1 Å². The molecule has 1 aromatic rings. The Morgan fingerprint density at radius 3 is 3.00 bits per heavy atom. The molecular formula is C9H11ClN2O2. The van der Waals surface area contributed by atoms with Crippen molar-refractivity contribution >= 4 is 17.7 Å². The van der Waals surface area contributed by atoms with Gasteiger partial charge in [-0.3, -0.25) is 0 Å². The number of pyridine rings is 1. The van der Waals surface area contributed by atoms with E-state index in [1.807, 2.05) is 13.0 Å². The summed E-state index contributed by atoms with van der Waals surface area (Å²) in [5.74, 6) is 0. The van der Waals surface area contributed by atoms with E-state index in [-0.39, 0.29) is 6.61 Å². The second-order valence-electron chi connectivity index (χ2n) is 2.75. The molecule has 0 unspecified atom stereocenters. The van der Waals surface area contributed by atoms with E-state index in [1.54, 1.807) is 6.20 Å². The predicted octanol–water partition coefficient (Wildman–Crippen LogP) is 1.89. The zero-order chi connectivity index (χ0) is 10.6. The van der Waals surface area contributed by atoms with Crippen LogP contribution in [0.15, 0.2) is 12.3 Å². The van der Waals surface area contributed by atoms with Gasteiger partial charge in [-0.25, -0.2) is 9.78 Å². The lowest BCUT2D eigenvalue weighted by Crippen LogP contribution is -2.13. The first-order valence-electron chi connectivity index (χ1n) is 4.19. The summed E-state index contributed by atoms with van der Waals surface area (Å²) in [6.07, 6.45) is 1.73. The number of hydrogen-bond donors (Lipinski definition) is 1. The molecule has 2 N–H and O–H groups in total. The minimum absolute atomic E-state index is 0.0645. The smallest absolute Gasteiger partial charge is 0.404 e. The van der Waals surface area contributed by atoms with Gasteiger partial charge in [0.15, 0.2) is 0 Å². The third-order valence-electron chi connectivity index (χ3n) is 1.75. The Bertz CT molecular complexity index is 342. The molecule has 0 radical (unpaired) electrons. The Morgan fingerprint density at radius 1 is 1.71 bits per heavy atom. The lowest BCUT2D eigenvalue weighted by Gasteiger charge is -2.05. The van der Waals surface area contributed by atoms with Gasteiger partial charge in [0.2, 0.25) is 0 Å². The molecule has 1 amide bonds. The van der Waals surface area contributed by atoms with Crippen LogP contribution in [0.5, 0.6) is 0 Å². The number of nitrogens with zero attached hydrogens (tertiary/aromatic N) is 1. The largest absolute Gasteiger partial charge is 0.445 e. The summed E-state index contributed by atoms with van der Waals surface area (Å²) in [6, 6.07) is 1.85. The molecule has 0 aliphatic carbocycles. The van der Waals surface area contributed by atoms with E-state index in [1.165, 1.54) is 0 Å². The fourth-order valence-electron chi connectivity index (χ4n) is 0.987. The van der Waals surface area contributed by atoms with Gasteiger partial charge in [0, 0.05) is 11.8 Å². The number of amides is 1.